The Balaban J connectivity index is 1.82. The number of nitrogens with one attached hydrogen (secondary N) is 1. The van der Waals surface area contributed by atoms with Gasteiger partial charge in [-0.2, -0.15) is 0 Å². The molecule has 2 atom stereocenters. The second-order valence-electron chi connectivity index (χ2n) is 8.82. The maximum Gasteiger partial charge on any atom is 0.336 e. The molecule has 0 saturated carbocycles. The molecule has 0 unspecified atom stereocenters. The summed E-state index contributed by atoms with van der Waals surface area (Å²) >= 11 is 6.05. The highest BCUT2D eigenvalue weighted by atomic mass is 35.5. The molecule has 9 nitrogen and oxygen atoms in total. The molecule has 1 heterocycles. The van der Waals surface area contributed by atoms with Gasteiger partial charge in [0.2, 0.25) is 0 Å². The van der Waals surface area contributed by atoms with E-state index in [1.54, 1.807) is 40.2 Å². The van der Waals surface area contributed by atoms with E-state index >= 15 is 0 Å². The average Bonchev–Trinajstić information content (AvgIpc) is 2.87. The highest BCUT2D eigenvalue weighted by Crippen LogP contribution is 2.47. The predicted octanol–water partition coefficient (Wildman–Crippen LogP) is 5.19. The standard InChI is InChI=1S/C27H27ClN2O7/c1-5-37-27(32)24-14(2)29-19-10-17(15-7-9-22(35-3)23(13-15)36-4)12-21(31)26(19)25(24)16-6-8-18(28)20(11-16)30(33)34/h6-9,11,13,17,25,29H,5,10,12H2,1-4H3/t17-,25+/m0/s1. The number of methoxy groups -OCH3 is 2. The normalized spacial score (nSPS) is 19.2. The molecule has 4 rings (SSSR count). The number of nitrogens with zero attached hydrogens (tertiary/aromatic N) is 1. The molecule has 0 fully saturated rings. The first-order valence-corrected chi connectivity index (χ1v) is 12.1. The van der Waals surface area contributed by atoms with Crippen molar-refractivity contribution in [1.29, 1.82) is 0 Å². The molecule has 0 saturated heterocycles. The van der Waals surface area contributed by atoms with Crippen molar-refractivity contribution in [3.63, 3.8) is 0 Å². The number of carbonyl (C=O) groups is 2. The number of Topliss-reactive ketones (excluding diaryl/α,β-unsaturated/α-hetero) is 1. The van der Waals surface area contributed by atoms with Crippen LogP contribution in [0.4, 0.5) is 5.69 Å². The van der Waals surface area contributed by atoms with Crippen LogP contribution in [-0.4, -0.2) is 37.5 Å². The fraction of sp³-hybridized carbons (Fsp3) is 0.333. The van der Waals surface area contributed by atoms with Gasteiger partial charge in [-0.3, -0.25) is 14.9 Å². The largest absolute Gasteiger partial charge is 0.493 e. The van der Waals surface area contributed by atoms with Crippen LogP contribution in [0.3, 0.4) is 0 Å². The lowest BCUT2D eigenvalue weighted by Crippen LogP contribution is -2.36. The summed E-state index contributed by atoms with van der Waals surface area (Å²) < 4.78 is 16.1. The molecule has 10 heteroatoms. The second-order valence-corrected chi connectivity index (χ2v) is 9.23. The SMILES string of the molecule is CCOC(=O)C1=C(C)NC2=C(C(=O)C[C@@H](c3ccc(OC)c(OC)c3)C2)[C@@H]1c1ccc(Cl)c([N+](=O)[O-])c1. The summed E-state index contributed by atoms with van der Waals surface area (Å²) in [5.74, 6) is -0.565. The summed E-state index contributed by atoms with van der Waals surface area (Å²) in [7, 11) is 3.11. The number of hydrogen-bond donors (Lipinski definition) is 1. The summed E-state index contributed by atoms with van der Waals surface area (Å²) in [6.45, 7) is 3.57. The van der Waals surface area contributed by atoms with Gasteiger partial charge < -0.3 is 19.5 Å². The number of halogens is 1. The Morgan fingerprint density at radius 1 is 1.11 bits per heavy atom. The van der Waals surface area contributed by atoms with E-state index in [1.165, 1.54) is 12.1 Å². The number of ether oxygens (including phenoxy) is 3. The van der Waals surface area contributed by atoms with Crippen LogP contribution in [0, 0.1) is 10.1 Å². The maximum absolute atomic E-state index is 13.7. The van der Waals surface area contributed by atoms with Crippen molar-refractivity contribution in [1.82, 2.24) is 5.32 Å². The lowest BCUT2D eigenvalue weighted by Gasteiger charge is -2.36. The van der Waals surface area contributed by atoms with Gasteiger partial charge in [-0.1, -0.05) is 23.7 Å². The Morgan fingerprint density at radius 3 is 2.46 bits per heavy atom. The Kier molecular flexibility index (Phi) is 7.54. The highest BCUT2D eigenvalue weighted by Gasteiger charge is 2.42. The number of ketones is 1. The van der Waals surface area contributed by atoms with Crippen LogP contribution in [0.25, 0.3) is 0 Å². The zero-order valence-electron chi connectivity index (χ0n) is 20.9. The van der Waals surface area contributed by atoms with E-state index < -0.39 is 16.8 Å². The van der Waals surface area contributed by atoms with Gasteiger partial charge in [-0.15, -0.1) is 0 Å². The molecular formula is C27H27ClN2O7. The zero-order chi connectivity index (χ0) is 26.9. The lowest BCUT2D eigenvalue weighted by molar-refractivity contribution is -0.384. The van der Waals surface area contributed by atoms with Gasteiger partial charge in [0, 0.05) is 35.4 Å². The number of dihydropyridines is 1. The summed E-state index contributed by atoms with van der Waals surface area (Å²) in [6.07, 6.45) is 0.688. The molecule has 0 aromatic heterocycles. The molecule has 1 aliphatic heterocycles. The van der Waals surface area contributed by atoms with Crippen LogP contribution in [0.15, 0.2) is 58.9 Å². The Labute approximate surface area is 219 Å². The van der Waals surface area contributed by atoms with E-state index in [4.69, 9.17) is 25.8 Å². The van der Waals surface area contributed by atoms with E-state index in [1.807, 2.05) is 12.1 Å². The minimum atomic E-state index is -0.829. The first-order valence-electron chi connectivity index (χ1n) is 11.8. The van der Waals surface area contributed by atoms with Gasteiger partial charge in [0.15, 0.2) is 17.3 Å². The number of allylic oxidation sites excluding steroid dienone is 3. The van der Waals surface area contributed by atoms with Crippen LogP contribution in [0.1, 0.15) is 49.7 Å². The Bertz CT molecular complexity index is 1350. The predicted molar refractivity (Wildman–Crippen MR) is 137 cm³/mol. The monoisotopic (exact) mass is 526 g/mol. The summed E-state index contributed by atoms with van der Waals surface area (Å²) in [5.41, 5.74) is 2.88. The smallest absolute Gasteiger partial charge is 0.336 e. The molecule has 37 heavy (non-hydrogen) atoms. The van der Waals surface area contributed by atoms with Gasteiger partial charge in [-0.25, -0.2) is 4.79 Å². The lowest BCUT2D eigenvalue weighted by atomic mass is 9.71. The number of benzene rings is 2. The van der Waals surface area contributed by atoms with E-state index in [9.17, 15) is 19.7 Å². The van der Waals surface area contributed by atoms with E-state index in [0.29, 0.717) is 40.5 Å². The quantitative estimate of drug-likeness (QED) is 0.297. The first kappa shape index (κ1) is 26.2. The van der Waals surface area contributed by atoms with Gasteiger partial charge in [0.25, 0.3) is 5.69 Å². The molecule has 1 N–H and O–H groups in total. The van der Waals surface area contributed by atoms with Crippen molar-refractivity contribution < 1.29 is 28.7 Å². The van der Waals surface area contributed by atoms with Crippen molar-refractivity contribution in [2.75, 3.05) is 20.8 Å². The topological polar surface area (TPSA) is 117 Å². The third-order valence-electron chi connectivity index (χ3n) is 6.70. The van der Waals surface area contributed by atoms with Crippen molar-refractivity contribution >= 4 is 29.0 Å². The number of carbonyl (C=O) groups excluding carboxylic acids is 2. The molecule has 0 amide bonds. The van der Waals surface area contributed by atoms with Crippen LogP contribution < -0.4 is 14.8 Å². The highest BCUT2D eigenvalue weighted by molar-refractivity contribution is 6.32. The van der Waals surface area contributed by atoms with Crippen LogP contribution in [-0.2, 0) is 14.3 Å². The van der Waals surface area contributed by atoms with Crippen molar-refractivity contribution in [3.8, 4) is 11.5 Å². The number of rotatable bonds is 7. The number of esters is 1. The van der Waals surface area contributed by atoms with E-state index in [0.717, 1.165) is 5.56 Å². The molecule has 0 spiro atoms. The van der Waals surface area contributed by atoms with Crippen molar-refractivity contribution in [2.24, 2.45) is 0 Å². The van der Waals surface area contributed by atoms with Gasteiger partial charge in [0.05, 0.1) is 31.3 Å². The second kappa shape index (κ2) is 10.6. The third kappa shape index (κ3) is 4.91. The zero-order valence-corrected chi connectivity index (χ0v) is 21.7. The molecule has 0 bridgehead atoms. The fourth-order valence-electron chi connectivity index (χ4n) is 5.04. The summed E-state index contributed by atoms with van der Waals surface area (Å²) in [5, 5.41) is 14.8. The van der Waals surface area contributed by atoms with Crippen LogP contribution in [0.5, 0.6) is 11.5 Å². The molecule has 0 radical (unpaired) electrons. The maximum atomic E-state index is 13.7. The van der Waals surface area contributed by atoms with Crippen molar-refractivity contribution in [3.05, 3.63) is 85.2 Å². The first-order chi connectivity index (χ1) is 17.7. The van der Waals surface area contributed by atoms with Gasteiger partial charge >= 0.3 is 5.97 Å². The van der Waals surface area contributed by atoms with E-state index in [2.05, 4.69) is 5.32 Å². The van der Waals surface area contributed by atoms with Gasteiger partial charge in [-0.05, 0) is 55.5 Å². The summed E-state index contributed by atoms with van der Waals surface area (Å²) in [4.78, 5) is 37.7. The molecule has 1 aliphatic carbocycles. The molecule has 2 aromatic carbocycles. The Morgan fingerprint density at radius 2 is 1.81 bits per heavy atom. The van der Waals surface area contributed by atoms with Crippen LogP contribution >= 0.6 is 11.6 Å². The average molecular weight is 527 g/mol. The minimum Gasteiger partial charge on any atom is -0.493 e. The molecule has 2 aliphatic rings. The Hall–Kier alpha value is -3.85. The number of hydrogen-bond acceptors (Lipinski definition) is 8. The minimum absolute atomic E-state index is 0.0289. The molecule has 194 valence electrons. The fourth-order valence-corrected chi connectivity index (χ4v) is 5.23. The number of nitro benzene ring substituents is 1. The van der Waals surface area contributed by atoms with E-state index in [-0.39, 0.29) is 41.0 Å². The summed E-state index contributed by atoms with van der Waals surface area (Å²) in [6, 6.07) is 9.91. The number of nitro groups is 1. The van der Waals surface area contributed by atoms with Crippen LogP contribution in [0.2, 0.25) is 5.02 Å². The molecule has 2 aromatic rings. The third-order valence-corrected chi connectivity index (χ3v) is 7.02. The molecular weight excluding hydrogens is 500 g/mol. The van der Waals surface area contributed by atoms with Gasteiger partial charge in [0.1, 0.15) is 5.02 Å². The van der Waals surface area contributed by atoms with Crippen molar-refractivity contribution in [2.45, 2.75) is 38.5 Å².